The van der Waals surface area contributed by atoms with E-state index in [2.05, 4.69) is 0 Å². The fourth-order valence-corrected chi connectivity index (χ4v) is 2.28. The molecule has 0 atom stereocenters. The summed E-state index contributed by atoms with van der Waals surface area (Å²) < 4.78 is 30.1. The van der Waals surface area contributed by atoms with Crippen molar-refractivity contribution in [2.75, 3.05) is 33.8 Å². The smallest absolute Gasteiger partial charge is 0.275 e. The molecule has 104 valence electrons. The van der Waals surface area contributed by atoms with Crippen LogP contribution >= 0.6 is 0 Å². The Kier molecular flexibility index (Phi) is 5.33. The van der Waals surface area contributed by atoms with Crippen LogP contribution in [0, 0.1) is 0 Å². The third kappa shape index (κ3) is 3.55. The quantitative estimate of drug-likeness (QED) is 0.777. The Morgan fingerprint density at radius 2 is 2.00 bits per heavy atom. The van der Waals surface area contributed by atoms with Crippen LogP contribution in [-0.4, -0.2) is 56.5 Å². The first-order chi connectivity index (χ1) is 8.41. The Hall–Kier alpha value is -0.890. The van der Waals surface area contributed by atoms with Crippen LogP contribution in [0.15, 0.2) is 21.6 Å². The molecule has 0 amide bonds. The zero-order valence-corrected chi connectivity index (χ0v) is 11.8. The summed E-state index contributed by atoms with van der Waals surface area (Å²) in [4.78, 5) is 1.96. The first kappa shape index (κ1) is 15.2. The molecule has 0 aliphatic heterocycles. The molecule has 1 aromatic rings. The molecule has 0 spiro atoms. The second kappa shape index (κ2) is 6.33. The van der Waals surface area contributed by atoms with E-state index in [0.717, 1.165) is 10.8 Å². The van der Waals surface area contributed by atoms with Gasteiger partial charge in [0, 0.05) is 20.6 Å². The van der Waals surface area contributed by atoms with Gasteiger partial charge in [-0.1, -0.05) is 6.92 Å². The number of aliphatic hydroxyl groups is 1. The van der Waals surface area contributed by atoms with Crippen molar-refractivity contribution < 1.29 is 17.9 Å². The normalized spacial score (nSPS) is 12.6. The largest absolute Gasteiger partial charge is 0.447 e. The maximum atomic E-state index is 11.8. The molecular weight excluding hydrogens is 256 g/mol. The average molecular weight is 276 g/mol. The van der Waals surface area contributed by atoms with Crippen molar-refractivity contribution in [2.45, 2.75) is 18.6 Å². The Labute approximate surface area is 108 Å². The average Bonchev–Trinajstić information content (AvgIpc) is 2.77. The van der Waals surface area contributed by atoms with E-state index >= 15 is 0 Å². The number of hydrogen-bond donors (Lipinski definition) is 1. The van der Waals surface area contributed by atoms with Gasteiger partial charge in [0.1, 0.15) is 5.76 Å². The third-order valence-corrected chi connectivity index (χ3v) is 4.30. The lowest BCUT2D eigenvalue weighted by molar-refractivity contribution is 0.184. The van der Waals surface area contributed by atoms with Crippen molar-refractivity contribution in [2.24, 2.45) is 0 Å². The lowest BCUT2D eigenvalue weighted by Gasteiger charge is -2.17. The highest BCUT2D eigenvalue weighted by Gasteiger charge is 2.21. The first-order valence-electron chi connectivity index (χ1n) is 5.76. The predicted octanol–water partition coefficient (Wildman–Crippen LogP) is 0.344. The van der Waals surface area contributed by atoms with Gasteiger partial charge in [-0.15, -0.1) is 0 Å². The number of sulfonamides is 1. The van der Waals surface area contributed by atoms with E-state index in [4.69, 9.17) is 9.52 Å². The highest BCUT2D eigenvalue weighted by Crippen LogP contribution is 2.17. The van der Waals surface area contributed by atoms with Gasteiger partial charge in [0.2, 0.25) is 5.09 Å². The minimum atomic E-state index is -3.51. The standard InChI is InChI=1S/C11H20N2O4S/c1-4-13(7-8-14)9-10-5-6-11(17-10)18(15,16)12(2)3/h5-6,14H,4,7-9H2,1-3H3. The molecule has 0 aliphatic rings. The maximum absolute atomic E-state index is 11.8. The Bertz CT molecular complexity index is 467. The summed E-state index contributed by atoms with van der Waals surface area (Å²) in [6, 6.07) is 3.11. The van der Waals surface area contributed by atoms with E-state index in [0.29, 0.717) is 18.8 Å². The van der Waals surface area contributed by atoms with Crippen LogP contribution in [0.4, 0.5) is 0 Å². The van der Waals surface area contributed by atoms with Crippen LogP contribution in [0.3, 0.4) is 0 Å². The molecule has 0 radical (unpaired) electrons. The molecule has 0 saturated carbocycles. The number of hydrogen-bond acceptors (Lipinski definition) is 5. The van der Waals surface area contributed by atoms with Crippen LogP contribution in [0.25, 0.3) is 0 Å². The molecule has 0 aliphatic carbocycles. The van der Waals surface area contributed by atoms with Gasteiger partial charge >= 0.3 is 0 Å². The van der Waals surface area contributed by atoms with Crippen molar-refractivity contribution in [3.8, 4) is 0 Å². The molecule has 1 heterocycles. The zero-order valence-electron chi connectivity index (χ0n) is 11.0. The monoisotopic (exact) mass is 276 g/mol. The number of nitrogens with zero attached hydrogens (tertiary/aromatic N) is 2. The summed E-state index contributed by atoms with van der Waals surface area (Å²) in [6.45, 7) is 3.82. The summed E-state index contributed by atoms with van der Waals surface area (Å²) in [6.07, 6.45) is 0. The summed E-state index contributed by atoms with van der Waals surface area (Å²) in [5, 5.41) is 8.83. The van der Waals surface area contributed by atoms with Gasteiger partial charge in [-0.05, 0) is 18.7 Å². The second-order valence-corrected chi connectivity index (χ2v) is 6.18. The molecule has 6 nitrogen and oxygen atoms in total. The van der Waals surface area contributed by atoms with Gasteiger partial charge in [0.05, 0.1) is 13.2 Å². The minimum Gasteiger partial charge on any atom is -0.447 e. The van der Waals surface area contributed by atoms with Crippen LogP contribution < -0.4 is 0 Å². The number of furan rings is 1. The van der Waals surface area contributed by atoms with E-state index < -0.39 is 10.0 Å². The molecule has 1 N–H and O–H groups in total. The van der Waals surface area contributed by atoms with Crippen molar-refractivity contribution in [1.29, 1.82) is 0 Å². The maximum Gasteiger partial charge on any atom is 0.275 e. The van der Waals surface area contributed by atoms with Gasteiger partial charge in [-0.3, -0.25) is 4.90 Å². The van der Waals surface area contributed by atoms with Gasteiger partial charge in [-0.25, -0.2) is 12.7 Å². The molecule has 0 unspecified atom stereocenters. The molecule has 0 bridgehead atoms. The fraction of sp³-hybridized carbons (Fsp3) is 0.636. The minimum absolute atomic E-state index is 0.0532. The molecule has 1 rings (SSSR count). The SMILES string of the molecule is CCN(CCO)Cc1ccc(S(=O)(=O)N(C)C)o1. The topological polar surface area (TPSA) is 74.0 Å². The van der Waals surface area contributed by atoms with E-state index in [1.54, 1.807) is 6.07 Å². The molecule has 1 aromatic heterocycles. The Balaban J connectivity index is 2.81. The number of likely N-dealkylation sites (N-methyl/N-ethyl adjacent to an activating group) is 1. The highest BCUT2D eigenvalue weighted by atomic mass is 32.2. The van der Waals surface area contributed by atoms with E-state index in [1.165, 1.54) is 20.2 Å². The predicted molar refractivity (Wildman–Crippen MR) is 67.6 cm³/mol. The number of rotatable bonds is 7. The van der Waals surface area contributed by atoms with E-state index in [9.17, 15) is 8.42 Å². The zero-order chi connectivity index (χ0) is 13.8. The summed E-state index contributed by atoms with van der Waals surface area (Å²) in [5.41, 5.74) is 0. The molecule has 0 fully saturated rings. The van der Waals surface area contributed by atoms with Gasteiger partial charge in [-0.2, -0.15) is 0 Å². The second-order valence-electron chi connectivity index (χ2n) is 4.10. The lowest BCUT2D eigenvalue weighted by Crippen LogP contribution is -2.25. The van der Waals surface area contributed by atoms with Crippen molar-refractivity contribution in [3.05, 3.63) is 17.9 Å². The van der Waals surface area contributed by atoms with Gasteiger partial charge in [0.25, 0.3) is 10.0 Å². The van der Waals surface area contributed by atoms with Crippen molar-refractivity contribution in [1.82, 2.24) is 9.21 Å². The summed E-state index contributed by atoms with van der Waals surface area (Å²) in [7, 11) is -0.592. The summed E-state index contributed by atoms with van der Waals surface area (Å²) in [5.74, 6) is 0.575. The van der Waals surface area contributed by atoms with E-state index in [-0.39, 0.29) is 11.7 Å². The molecule has 7 heteroatoms. The Morgan fingerprint density at radius 1 is 1.33 bits per heavy atom. The van der Waals surface area contributed by atoms with Gasteiger partial charge < -0.3 is 9.52 Å². The molecule has 18 heavy (non-hydrogen) atoms. The number of aliphatic hydroxyl groups excluding tert-OH is 1. The molecular formula is C11H20N2O4S. The Morgan fingerprint density at radius 3 is 2.50 bits per heavy atom. The lowest BCUT2D eigenvalue weighted by atomic mass is 10.4. The van der Waals surface area contributed by atoms with Crippen LogP contribution in [0.5, 0.6) is 0 Å². The van der Waals surface area contributed by atoms with Crippen molar-refractivity contribution >= 4 is 10.0 Å². The van der Waals surface area contributed by atoms with Gasteiger partial charge in [0.15, 0.2) is 0 Å². The van der Waals surface area contributed by atoms with Crippen molar-refractivity contribution in [3.63, 3.8) is 0 Å². The fourth-order valence-electron chi connectivity index (χ4n) is 1.47. The van der Waals surface area contributed by atoms with E-state index in [1.807, 2.05) is 11.8 Å². The molecule has 0 saturated heterocycles. The van der Waals surface area contributed by atoms with Crippen LogP contribution in [0.1, 0.15) is 12.7 Å². The first-order valence-corrected chi connectivity index (χ1v) is 7.20. The molecule has 0 aromatic carbocycles. The van der Waals surface area contributed by atoms with Crippen LogP contribution in [-0.2, 0) is 16.6 Å². The summed E-state index contributed by atoms with van der Waals surface area (Å²) >= 11 is 0. The highest BCUT2D eigenvalue weighted by molar-refractivity contribution is 7.88. The third-order valence-electron chi connectivity index (χ3n) is 2.61. The van der Waals surface area contributed by atoms with Crippen LogP contribution in [0.2, 0.25) is 0 Å².